The molecule has 0 atom stereocenters. The number of anilines is 1. The Hall–Kier alpha value is -3.39. The summed E-state index contributed by atoms with van der Waals surface area (Å²) < 4.78 is 10.4. The van der Waals surface area contributed by atoms with E-state index in [1.165, 1.54) is 11.3 Å². The predicted octanol–water partition coefficient (Wildman–Crippen LogP) is 4.41. The number of hydrogen-bond acceptors (Lipinski definition) is 7. The van der Waals surface area contributed by atoms with Gasteiger partial charge in [0.25, 0.3) is 0 Å². The monoisotopic (exact) mass is 422 g/mol. The maximum absolute atomic E-state index is 12.1. The van der Waals surface area contributed by atoms with Crippen LogP contribution >= 0.6 is 11.3 Å². The number of benzene rings is 2. The summed E-state index contributed by atoms with van der Waals surface area (Å²) >= 11 is 1.43. The average molecular weight is 423 g/mol. The second kappa shape index (κ2) is 8.96. The summed E-state index contributed by atoms with van der Waals surface area (Å²) in [7, 11) is 1.66. The highest BCUT2D eigenvalue weighted by molar-refractivity contribution is 7.13. The van der Waals surface area contributed by atoms with Crippen molar-refractivity contribution in [2.75, 3.05) is 18.6 Å². The second-order valence-electron chi connectivity index (χ2n) is 6.73. The highest BCUT2D eigenvalue weighted by Gasteiger charge is 2.17. The van der Waals surface area contributed by atoms with Crippen molar-refractivity contribution in [1.82, 2.24) is 15.2 Å². The Morgan fingerprint density at radius 1 is 1.17 bits per heavy atom. The van der Waals surface area contributed by atoms with Gasteiger partial charge < -0.3 is 14.4 Å². The van der Waals surface area contributed by atoms with Crippen molar-refractivity contribution in [2.45, 2.75) is 20.0 Å². The fourth-order valence-electron chi connectivity index (χ4n) is 3.20. The molecule has 4 rings (SSSR count). The number of aromatic amines is 1. The molecule has 0 amide bonds. The van der Waals surface area contributed by atoms with Gasteiger partial charge in [0.05, 0.1) is 25.4 Å². The van der Waals surface area contributed by atoms with Crippen LogP contribution in [0.25, 0.3) is 10.9 Å². The van der Waals surface area contributed by atoms with Crippen LogP contribution in [0, 0.1) is 0 Å². The SMILES string of the molecule is CCOC(=O)c1csc(N(Cc2cccc(OC)c2)Cc2ccc3[nH]ncc3c2)n1. The number of esters is 1. The molecule has 4 aromatic rings. The van der Waals surface area contributed by atoms with Crippen molar-refractivity contribution in [1.29, 1.82) is 0 Å². The molecule has 30 heavy (non-hydrogen) atoms. The molecule has 7 nitrogen and oxygen atoms in total. The molecule has 0 unspecified atom stereocenters. The molecule has 8 heteroatoms. The standard InChI is InChI=1S/C22H22N4O3S/c1-3-29-21(27)20-14-30-22(24-20)26(12-15-5-4-6-18(10-15)28-2)13-16-7-8-19-17(9-16)11-23-25-19/h4-11,14H,3,12-13H2,1-2H3,(H,23,25). The van der Waals surface area contributed by atoms with Crippen molar-refractivity contribution in [3.8, 4) is 5.75 Å². The maximum atomic E-state index is 12.1. The van der Waals surface area contributed by atoms with Crippen molar-refractivity contribution >= 4 is 33.3 Å². The molecule has 0 saturated carbocycles. The van der Waals surface area contributed by atoms with E-state index in [9.17, 15) is 4.79 Å². The van der Waals surface area contributed by atoms with E-state index in [-0.39, 0.29) is 0 Å². The van der Waals surface area contributed by atoms with Crippen LogP contribution in [0.2, 0.25) is 0 Å². The molecule has 0 bridgehead atoms. The molecule has 2 heterocycles. The summed E-state index contributed by atoms with van der Waals surface area (Å²) in [6.07, 6.45) is 1.81. The molecular weight excluding hydrogens is 400 g/mol. The molecule has 0 radical (unpaired) electrons. The molecule has 2 aromatic carbocycles. The average Bonchev–Trinajstić information content (AvgIpc) is 3.43. The van der Waals surface area contributed by atoms with Crippen LogP contribution in [-0.4, -0.2) is 34.9 Å². The van der Waals surface area contributed by atoms with E-state index in [0.717, 1.165) is 32.9 Å². The van der Waals surface area contributed by atoms with E-state index < -0.39 is 5.97 Å². The smallest absolute Gasteiger partial charge is 0.357 e. The molecule has 0 saturated heterocycles. The lowest BCUT2D eigenvalue weighted by atomic mass is 10.1. The largest absolute Gasteiger partial charge is 0.497 e. The van der Waals surface area contributed by atoms with Gasteiger partial charge in [-0.2, -0.15) is 5.10 Å². The van der Waals surface area contributed by atoms with Crippen LogP contribution in [-0.2, 0) is 17.8 Å². The number of hydrogen-bond donors (Lipinski definition) is 1. The van der Waals surface area contributed by atoms with Gasteiger partial charge >= 0.3 is 5.97 Å². The Labute approximate surface area is 178 Å². The molecule has 154 valence electrons. The Morgan fingerprint density at radius 2 is 2.00 bits per heavy atom. The van der Waals surface area contributed by atoms with Crippen LogP contribution in [0.15, 0.2) is 54.0 Å². The Bertz CT molecular complexity index is 1150. The molecule has 0 spiro atoms. The number of nitrogens with zero attached hydrogens (tertiary/aromatic N) is 3. The zero-order valence-corrected chi connectivity index (χ0v) is 17.6. The van der Waals surface area contributed by atoms with E-state index in [1.54, 1.807) is 19.4 Å². The number of carbonyl (C=O) groups excluding carboxylic acids is 1. The first kappa shape index (κ1) is 19.9. The number of rotatable bonds is 8. The molecule has 0 fully saturated rings. The van der Waals surface area contributed by atoms with E-state index in [4.69, 9.17) is 9.47 Å². The van der Waals surface area contributed by atoms with Crippen molar-refractivity contribution in [3.05, 3.63) is 70.9 Å². The minimum absolute atomic E-state index is 0.323. The number of H-pyrrole nitrogens is 1. The number of carbonyl (C=O) groups is 1. The van der Waals surface area contributed by atoms with Gasteiger partial charge in [-0.1, -0.05) is 18.2 Å². The van der Waals surface area contributed by atoms with E-state index in [1.807, 2.05) is 30.5 Å². The Morgan fingerprint density at radius 3 is 2.80 bits per heavy atom. The fraction of sp³-hybridized carbons (Fsp3) is 0.227. The molecule has 0 aliphatic carbocycles. The van der Waals surface area contributed by atoms with Crippen LogP contribution in [0.5, 0.6) is 5.75 Å². The number of aromatic nitrogens is 3. The molecular formula is C22H22N4O3S. The van der Waals surface area contributed by atoms with Gasteiger partial charge in [0.2, 0.25) is 0 Å². The van der Waals surface area contributed by atoms with Crippen molar-refractivity contribution in [3.63, 3.8) is 0 Å². The molecule has 0 aliphatic heterocycles. The van der Waals surface area contributed by atoms with Crippen molar-refractivity contribution < 1.29 is 14.3 Å². The Balaban J connectivity index is 1.63. The normalized spacial score (nSPS) is 10.9. The van der Waals surface area contributed by atoms with Crippen LogP contribution in [0.1, 0.15) is 28.5 Å². The topological polar surface area (TPSA) is 80.3 Å². The van der Waals surface area contributed by atoms with Gasteiger partial charge in [0.15, 0.2) is 10.8 Å². The minimum Gasteiger partial charge on any atom is -0.497 e. The summed E-state index contributed by atoms with van der Waals surface area (Å²) in [4.78, 5) is 18.8. The number of methoxy groups -OCH3 is 1. The third-order valence-corrected chi connectivity index (χ3v) is 5.53. The van der Waals surface area contributed by atoms with Gasteiger partial charge in [-0.25, -0.2) is 9.78 Å². The number of ether oxygens (including phenoxy) is 2. The molecule has 0 aliphatic rings. The highest BCUT2D eigenvalue weighted by Crippen LogP contribution is 2.27. The molecule has 1 N–H and O–H groups in total. The summed E-state index contributed by atoms with van der Waals surface area (Å²) in [5.74, 6) is 0.403. The second-order valence-corrected chi connectivity index (χ2v) is 7.57. The minimum atomic E-state index is -0.402. The zero-order valence-electron chi connectivity index (χ0n) is 16.8. The zero-order chi connectivity index (χ0) is 20.9. The van der Waals surface area contributed by atoms with Crippen LogP contribution in [0.4, 0.5) is 5.13 Å². The van der Waals surface area contributed by atoms with Gasteiger partial charge in [-0.3, -0.25) is 5.10 Å². The van der Waals surface area contributed by atoms with E-state index >= 15 is 0 Å². The third kappa shape index (κ3) is 4.44. The lowest BCUT2D eigenvalue weighted by Gasteiger charge is -2.22. The summed E-state index contributed by atoms with van der Waals surface area (Å²) in [6, 6.07) is 14.1. The first-order valence-electron chi connectivity index (χ1n) is 9.59. The first-order valence-corrected chi connectivity index (χ1v) is 10.5. The molecule has 2 aromatic heterocycles. The first-order chi connectivity index (χ1) is 14.7. The summed E-state index contributed by atoms with van der Waals surface area (Å²) in [6.45, 7) is 3.36. The van der Waals surface area contributed by atoms with Crippen LogP contribution < -0.4 is 9.64 Å². The maximum Gasteiger partial charge on any atom is 0.357 e. The van der Waals surface area contributed by atoms with E-state index in [0.29, 0.717) is 25.4 Å². The number of nitrogens with one attached hydrogen (secondary N) is 1. The van der Waals surface area contributed by atoms with Crippen molar-refractivity contribution in [2.24, 2.45) is 0 Å². The van der Waals surface area contributed by atoms with Gasteiger partial charge in [-0.15, -0.1) is 11.3 Å². The Kier molecular flexibility index (Phi) is 5.94. The number of thiazole rings is 1. The fourth-order valence-corrected chi connectivity index (χ4v) is 4.00. The predicted molar refractivity (Wildman–Crippen MR) is 117 cm³/mol. The van der Waals surface area contributed by atoms with Gasteiger partial charge in [0.1, 0.15) is 5.75 Å². The number of fused-ring (bicyclic) bond motifs is 1. The van der Waals surface area contributed by atoms with Gasteiger partial charge in [0, 0.05) is 23.9 Å². The highest BCUT2D eigenvalue weighted by atomic mass is 32.1. The van der Waals surface area contributed by atoms with Gasteiger partial charge in [-0.05, 0) is 42.3 Å². The van der Waals surface area contributed by atoms with Crippen LogP contribution in [0.3, 0.4) is 0 Å². The third-order valence-electron chi connectivity index (χ3n) is 4.63. The lowest BCUT2D eigenvalue weighted by Crippen LogP contribution is -2.22. The summed E-state index contributed by atoms with van der Waals surface area (Å²) in [5.41, 5.74) is 3.54. The quantitative estimate of drug-likeness (QED) is 0.424. The summed E-state index contributed by atoms with van der Waals surface area (Å²) in [5, 5.41) is 10.6. The van der Waals surface area contributed by atoms with E-state index in [2.05, 4.69) is 38.3 Å². The lowest BCUT2D eigenvalue weighted by molar-refractivity contribution is 0.0520.